The average molecular weight is 603 g/mol. The fraction of sp³-hybridized carbons (Fsp3) is 0.400. The van der Waals surface area contributed by atoms with Crippen molar-refractivity contribution in [3.63, 3.8) is 0 Å². The predicted octanol–water partition coefficient (Wildman–Crippen LogP) is 3.83. The summed E-state index contributed by atoms with van der Waals surface area (Å²) < 4.78 is 82.9. The van der Waals surface area contributed by atoms with Crippen LogP contribution in [-0.2, 0) is 25.8 Å². The second kappa shape index (κ2) is 11.1. The van der Waals surface area contributed by atoms with Gasteiger partial charge in [0.2, 0.25) is 0 Å². The van der Waals surface area contributed by atoms with Gasteiger partial charge < -0.3 is 19.8 Å². The number of ether oxygens (including phenoxy) is 1. The smallest absolute Gasteiger partial charge is 0.404 e. The molecule has 1 saturated carbocycles. The summed E-state index contributed by atoms with van der Waals surface area (Å²) in [7, 11) is 0. The molecule has 0 unspecified atom stereocenters. The second-order valence-electron chi connectivity index (χ2n) is 9.84. The number of anilines is 2. The molecule has 226 valence electrons. The van der Waals surface area contributed by atoms with E-state index in [1.54, 1.807) is 12.1 Å². The zero-order chi connectivity index (χ0) is 31.0. The normalized spacial score (nSPS) is 17.0. The molecule has 17 heteroatoms. The van der Waals surface area contributed by atoms with Crippen LogP contribution in [0.5, 0.6) is 5.75 Å². The Morgan fingerprint density at radius 2 is 1.71 bits per heavy atom. The third-order valence-corrected chi connectivity index (χ3v) is 6.31. The first kappa shape index (κ1) is 30.5. The first-order valence-electron chi connectivity index (χ1n) is 12.3. The van der Waals surface area contributed by atoms with Gasteiger partial charge in [-0.3, -0.25) is 14.6 Å². The van der Waals surface area contributed by atoms with Gasteiger partial charge in [0.05, 0.1) is 17.9 Å². The molecule has 0 radical (unpaired) electrons. The number of pyridine rings is 1. The summed E-state index contributed by atoms with van der Waals surface area (Å²) >= 11 is 0. The van der Waals surface area contributed by atoms with Crippen LogP contribution in [0, 0.1) is 0 Å². The molecular formula is C25H23F6N5O6. The zero-order valence-electron chi connectivity index (χ0n) is 22.0. The van der Waals surface area contributed by atoms with Gasteiger partial charge in [-0.1, -0.05) is 0 Å². The fourth-order valence-corrected chi connectivity index (χ4v) is 3.98. The lowest BCUT2D eigenvalue weighted by atomic mass is 10.0. The van der Waals surface area contributed by atoms with E-state index in [0.29, 0.717) is 41.5 Å². The van der Waals surface area contributed by atoms with Crippen molar-refractivity contribution < 1.29 is 55.1 Å². The SMILES string of the molecule is CC1(C)C(=O)N(c2cc(N(OC(=O)C(F)(F)F)C(=O)CNC3CC3)ccc2OC(F)(F)F)C(=O)N1Cc1ccncc1. The molecule has 1 aliphatic heterocycles. The number of benzene rings is 1. The molecule has 1 aromatic carbocycles. The highest BCUT2D eigenvalue weighted by Crippen LogP contribution is 2.42. The van der Waals surface area contributed by atoms with Crippen LogP contribution in [0.3, 0.4) is 0 Å². The minimum atomic E-state index is -5.54. The number of aromatic nitrogens is 1. The molecule has 1 N–H and O–H groups in total. The van der Waals surface area contributed by atoms with Crippen LogP contribution in [0.4, 0.5) is 42.5 Å². The standard InChI is InChI=1S/C25H23F6N5O6/c1-23(2)20(38)35(22(40)34(23)13-14-7-9-32-10-8-14)17-11-16(5-6-18(17)41-25(29,30)31)36(42-21(39)24(26,27)28)19(37)12-33-15-3-4-15/h5-11,15,33H,3-4,12-13H2,1-2H3. The van der Waals surface area contributed by atoms with E-state index >= 15 is 0 Å². The largest absolute Gasteiger partial charge is 0.573 e. The molecule has 42 heavy (non-hydrogen) atoms. The van der Waals surface area contributed by atoms with Gasteiger partial charge in [0, 0.05) is 25.0 Å². The van der Waals surface area contributed by atoms with Crippen molar-refractivity contribution in [2.24, 2.45) is 0 Å². The molecule has 4 rings (SSSR count). The molecule has 1 aliphatic carbocycles. The van der Waals surface area contributed by atoms with Gasteiger partial charge in [-0.25, -0.2) is 14.5 Å². The van der Waals surface area contributed by atoms with E-state index in [9.17, 15) is 45.5 Å². The molecule has 0 spiro atoms. The molecule has 11 nitrogen and oxygen atoms in total. The highest BCUT2D eigenvalue weighted by molar-refractivity contribution is 6.23. The quantitative estimate of drug-likeness (QED) is 0.275. The summed E-state index contributed by atoms with van der Waals surface area (Å²) in [6, 6.07) is 3.79. The Kier molecular flexibility index (Phi) is 8.08. The number of hydroxylamine groups is 1. The van der Waals surface area contributed by atoms with Crippen molar-refractivity contribution in [1.82, 2.24) is 15.2 Å². The minimum absolute atomic E-state index is 0.0724. The van der Waals surface area contributed by atoms with E-state index in [1.807, 2.05) is 0 Å². The number of nitrogens with one attached hydrogen (secondary N) is 1. The highest BCUT2D eigenvalue weighted by atomic mass is 19.4. The van der Waals surface area contributed by atoms with E-state index in [-0.39, 0.29) is 17.6 Å². The number of urea groups is 1. The van der Waals surface area contributed by atoms with Crippen LogP contribution in [0.2, 0.25) is 0 Å². The van der Waals surface area contributed by atoms with Gasteiger partial charge in [-0.2, -0.15) is 13.2 Å². The average Bonchev–Trinajstić information content (AvgIpc) is 3.71. The van der Waals surface area contributed by atoms with E-state index in [1.165, 1.54) is 26.2 Å². The predicted molar refractivity (Wildman–Crippen MR) is 131 cm³/mol. The van der Waals surface area contributed by atoms with Gasteiger partial charge in [-0.05, 0) is 62.6 Å². The van der Waals surface area contributed by atoms with Crippen LogP contribution < -0.4 is 20.0 Å². The first-order valence-corrected chi connectivity index (χ1v) is 12.3. The molecule has 4 amide bonds. The van der Waals surface area contributed by atoms with Crippen LogP contribution in [0.25, 0.3) is 0 Å². The van der Waals surface area contributed by atoms with Crippen molar-refractivity contribution in [2.45, 2.75) is 57.4 Å². The molecule has 2 fully saturated rings. The Morgan fingerprint density at radius 3 is 2.29 bits per heavy atom. The van der Waals surface area contributed by atoms with Crippen molar-refractivity contribution in [3.05, 3.63) is 48.3 Å². The Morgan fingerprint density at radius 1 is 1.07 bits per heavy atom. The van der Waals surface area contributed by atoms with Crippen LogP contribution in [0.15, 0.2) is 42.7 Å². The maximum absolute atomic E-state index is 13.5. The van der Waals surface area contributed by atoms with Gasteiger partial charge in [0.1, 0.15) is 5.54 Å². The van der Waals surface area contributed by atoms with Crippen molar-refractivity contribution in [1.29, 1.82) is 0 Å². The van der Waals surface area contributed by atoms with Crippen molar-refractivity contribution in [2.75, 3.05) is 16.5 Å². The Hall–Kier alpha value is -4.41. The lowest BCUT2D eigenvalue weighted by Crippen LogP contribution is -2.43. The summed E-state index contributed by atoms with van der Waals surface area (Å²) in [6.45, 7) is 1.92. The monoisotopic (exact) mass is 603 g/mol. The summed E-state index contributed by atoms with van der Waals surface area (Å²) in [6.07, 6.45) is -6.63. The Bertz CT molecular complexity index is 1380. The van der Waals surface area contributed by atoms with E-state index < -0.39 is 65.6 Å². The number of alkyl halides is 6. The number of carbonyl (C=O) groups is 4. The van der Waals surface area contributed by atoms with E-state index in [4.69, 9.17) is 0 Å². The van der Waals surface area contributed by atoms with Gasteiger partial charge in [0.15, 0.2) is 5.75 Å². The third kappa shape index (κ3) is 6.72. The number of halogens is 6. The maximum Gasteiger partial charge on any atom is 0.573 e. The van der Waals surface area contributed by atoms with Crippen LogP contribution in [-0.4, -0.2) is 64.4 Å². The number of rotatable bonds is 8. The summed E-state index contributed by atoms with van der Waals surface area (Å²) in [5.74, 6) is -6.10. The number of nitrogens with zero attached hydrogens (tertiary/aromatic N) is 4. The first-order chi connectivity index (χ1) is 19.5. The molecular weight excluding hydrogens is 580 g/mol. The highest BCUT2D eigenvalue weighted by Gasteiger charge is 2.53. The zero-order valence-corrected chi connectivity index (χ0v) is 22.0. The van der Waals surface area contributed by atoms with Gasteiger partial charge in [0.25, 0.3) is 11.8 Å². The second-order valence-corrected chi connectivity index (χ2v) is 9.84. The number of hydrogen-bond donors (Lipinski definition) is 1. The lowest BCUT2D eigenvalue weighted by Gasteiger charge is -2.27. The molecule has 1 aromatic heterocycles. The number of imide groups is 1. The fourth-order valence-electron chi connectivity index (χ4n) is 3.98. The van der Waals surface area contributed by atoms with Gasteiger partial charge >= 0.3 is 24.5 Å². The number of amides is 4. The third-order valence-electron chi connectivity index (χ3n) is 6.31. The summed E-state index contributed by atoms with van der Waals surface area (Å²) in [5, 5.41) is 2.65. The molecule has 0 bridgehead atoms. The van der Waals surface area contributed by atoms with Crippen molar-refractivity contribution >= 4 is 35.2 Å². The summed E-state index contributed by atoms with van der Waals surface area (Å²) in [4.78, 5) is 61.0. The maximum atomic E-state index is 13.5. The molecule has 1 saturated heterocycles. The summed E-state index contributed by atoms with van der Waals surface area (Å²) in [5.41, 5.74) is -2.63. The number of hydrogen-bond acceptors (Lipinski definition) is 8. The van der Waals surface area contributed by atoms with Crippen LogP contribution in [0.1, 0.15) is 32.3 Å². The lowest BCUT2D eigenvalue weighted by molar-refractivity contribution is -0.274. The van der Waals surface area contributed by atoms with E-state index in [0.717, 1.165) is 4.90 Å². The Labute approximate surface area is 233 Å². The molecule has 2 aromatic rings. The van der Waals surface area contributed by atoms with E-state index in [2.05, 4.69) is 19.9 Å². The topological polar surface area (TPSA) is 121 Å². The molecule has 2 aliphatic rings. The Balaban J connectivity index is 1.77. The minimum Gasteiger partial charge on any atom is -0.404 e. The van der Waals surface area contributed by atoms with Crippen LogP contribution >= 0.6 is 0 Å². The van der Waals surface area contributed by atoms with Crippen molar-refractivity contribution in [3.8, 4) is 5.75 Å². The molecule has 0 atom stereocenters. The number of carbonyl (C=O) groups excluding carboxylic acids is 4. The van der Waals surface area contributed by atoms with Gasteiger partial charge in [-0.15, -0.1) is 18.2 Å². The molecule has 2 heterocycles.